The van der Waals surface area contributed by atoms with Crippen LogP contribution in [0, 0.1) is 0 Å². The minimum atomic E-state index is 0.719. The molecule has 0 bridgehead atoms. The number of nitrogens with two attached hydrogens (primary N) is 4. The monoisotopic (exact) mass is 117 g/mol. The molecule has 0 aromatic heterocycles. The minimum absolute atomic E-state index is 0.719. The zero-order chi connectivity index (χ0) is 6.83. The Morgan fingerprint density at radius 1 is 1.00 bits per heavy atom. The fourth-order valence-electron chi connectivity index (χ4n) is 0.118. The lowest BCUT2D eigenvalue weighted by molar-refractivity contribution is 0.844. The molecule has 0 heterocycles. The van der Waals surface area contributed by atoms with Crippen molar-refractivity contribution in [3.63, 3.8) is 0 Å². The van der Waals surface area contributed by atoms with Gasteiger partial charge in [0.15, 0.2) is 0 Å². The van der Waals surface area contributed by atoms with E-state index in [1.807, 2.05) is 0 Å². The van der Waals surface area contributed by atoms with Crippen molar-refractivity contribution in [3.8, 4) is 0 Å². The van der Waals surface area contributed by atoms with Gasteiger partial charge in [-0.2, -0.15) is 0 Å². The Kier molecular flexibility index (Phi) is 21.3. The second kappa shape index (κ2) is 15.8. The second-order valence-corrected chi connectivity index (χ2v) is 1.12. The van der Waals surface area contributed by atoms with Crippen LogP contribution in [0.2, 0.25) is 0 Å². The first-order valence-corrected chi connectivity index (χ1v) is 2.48. The Morgan fingerprint density at radius 2 is 1.25 bits per heavy atom. The summed E-state index contributed by atoms with van der Waals surface area (Å²) in [5.74, 6) is 0. The standard InChI is InChI=1S/C3H10N2.BH4N2/c4-2-1-3-5;2-1-3/h1-5H2;2-3H2. The van der Waals surface area contributed by atoms with Gasteiger partial charge in [-0.15, -0.1) is 0 Å². The largest absolute Gasteiger partial charge is 0.360 e. The van der Waals surface area contributed by atoms with E-state index in [0.717, 1.165) is 27.1 Å². The predicted molar refractivity (Wildman–Crippen MR) is 36.9 cm³/mol. The molecule has 0 aromatic rings. The predicted octanol–water partition coefficient (Wildman–Crippen LogP) is -2.27. The lowest BCUT2D eigenvalue weighted by Crippen LogP contribution is -2.15. The molecule has 0 atom stereocenters. The molecule has 4 nitrogen and oxygen atoms in total. The summed E-state index contributed by atoms with van der Waals surface area (Å²) in [5.41, 5.74) is 19.1. The summed E-state index contributed by atoms with van der Waals surface area (Å²) in [6, 6.07) is 0. The fraction of sp³-hybridized carbons (Fsp3) is 1.00. The molecular formula is C3H14BN4. The molecule has 8 N–H and O–H groups in total. The van der Waals surface area contributed by atoms with E-state index in [0.29, 0.717) is 0 Å². The van der Waals surface area contributed by atoms with Crippen LogP contribution in [0.4, 0.5) is 0 Å². The molecule has 5 heteroatoms. The molecule has 49 valence electrons. The first kappa shape index (κ1) is 10.8. The third-order valence-corrected chi connectivity index (χ3v) is 0.408. The molecule has 1 radical (unpaired) electrons. The van der Waals surface area contributed by atoms with Gasteiger partial charge in [0.2, 0.25) is 0 Å². The summed E-state index contributed by atoms with van der Waals surface area (Å²) in [5, 5.41) is 0. The van der Waals surface area contributed by atoms with Crippen LogP contribution in [0.5, 0.6) is 0 Å². The molecule has 0 aliphatic heterocycles. The zero-order valence-electron chi connectivity index (χ0n) is 5.01. The Bertz CT molecular complexity index is 25.2. The lowest BCUT2D eigenvalue weighted by atomic mass is 10.3. The van der Waals surface area contributed by atoms with Gasteiger partial charge in [-0.1, -0.05) is 0 Å². The average molecular weight is 117 g/mol. The molecule has 0 aliphatic rings. The van der Waals surface area contributed by atoms with E-state index in [2.05, 4.69) is 11.3 Å². The van der Waals surface area contributed by atoms with Crippen LogP contribution in [-0.4, -0.2) is 20.6 Å². The van der Waals surface area contributed by atoms with E-state index < -0.39 is 0 Å². The maximum atomic E-state index is 5.06. The third-order valence-electron chi connectivity index (χ3n) is 0.408. The van der Waals surface area contributed by atoms with E-state index in [-0.39, 0.29) is 0 Å². The topological polar surface area (TPSA) is 104 Å². The molecule has 0 spiro atoms. The molecule has 0 saturated heterocycles. The highest BCUT2D eigenvalue weighted by atomic mass is 14.6. The zero-order valence-corrected chi connectivity index (χ0v) is 5.01. The first-order chi connectivity index (χ1) is 3.83. The van der Waals surface area contributed by atoms with Crippen LogP contribution in [0.25, 0.3) is 0 Å². The molecule has 0 aliphatic carbocycles. The molecule has 0 aromatic carbocycles. The van der Waals surface area contributed by atoms with Crippen LogP contribution in [0.1, 0.15) is 6.42 Å². The summed E-state index contributed by atoms with van der Waals surface area (Å²) in [7, 11) is 1.00. The van der Waals surface area contributed by atoms with Gasteiger partial charge in [0.25, 0.3) is 0 Å². The molecule has 0 unspecified atom stereocenters. The van der Waals surface area contributed by atoms with E-state index in [9.17, 15) is 0 Å². The van der Waals surface area contributed by atoms with Crippen LogP contribution in [0.3, 0.4) is 0 Å². The van der Waals surface area contributed by atoms with Gasteiger partial charge in [-0.05, 0) is 19.5 Å². The SMILES string of the molecule is NCCCN.N[B]N. The van der Waals surface area contributed by atoms with E-state index in [1.54, 1.807) is 0 Å². The van der Waals surface area contributed by atoms with E-state index >= 15 is 0 Å². The van der Waals surface area contributed by atoms with Crippen LogP contribution in [-0.2, 0) is 0 Å². The highest BCUT2D eigenvalue weighted by Crippen LogP contribution is 1.58. The average Bonchev–Trinajstić information content (AvgIpc) is 1.71. The molecule has 8 heavy (non-hydrogen) atoms. The minimum Gasteiger partial charge on any atom is -0.360 e. The van der Waals surface area contributed by atoms with Gasteiger partial charge in [0.1, 0.15) is 0 Å². The highest BCUT2D eigenvalue weighted by Gasteiger charge is 1.67. The van der Waals surface area contributed by atoms with Crippen molar-refractivity contribution in [2.75, 3.05) is 13.1 Å². The molecule has 0 amide bonds. The quantitative estimate of drug-likeness (QED) is 0.306. The second-order valence-electron chi connectivity index (χ2n) is 1.12. The smallest absolute Gasteiger partial charge is 0.301 e. The van der Waals surface area contributed by atoms with Crippen molar-refractivity contribution in [2.24, 2.45) is 22.8 Å². The Labute approximate surface area is 50.9 Å². The highest BCUT2D eigenvalue weighted by molar-refractivity contribution is 6.26. The van der Waals surface area contributed by atoms with Crippen molar-refractivity contribution in [2.45, 2.75) is 6.42 Å². The summed E-state index contributed by atoms with van der Waals surface area (Å²) in [4.78, 5) is 0. The summed E-state index contributed by atoms with van der Waals surface area (Å²) in [6.45, 7) is 1.44. The maximum Gasteiger partial charge on any atom is 0.301 e. The van der Waals surface area contributed by atoms with Crippen LogP contribution in [0.15, 0.2) is 0 Å². The number of hydrogen-bond acceptors (Lipinski definition) is 4. The van der Waals surface area contributed by atoms with Gasteiger partial charge < -0.3 is 22.8 Å². The maximum absolute atomic E-state index is 5.06. The Balaban J connectivity index is 0. The van der Waals surface area contributed by atoms with Crippen molar-refractivity contribution >= 4 is 7.55 Å². The summed E-state index contributed by atoms with van der Waals surface area (Å²) >= 11 is 0. The summed E-state index contributed by atoms with van der Waals surface area (Å²) < 4.78 is 0. The van der Waals surface area contributed by atoms with Crippen molar-refractivity contribution in [1.82, 2.24) is 0 Å². The van der Waals surface area contributed by atoms with Gasteiger partial charge in [0.05, 0.1) is 0 Å². The molecule has 0 saturated carbocycles. The first-order valence-electron chi connectivity index (χ1n) is 2.48. The normalized spacial score (nSPS) is 7.00. The lowest BCUT2D eigenvalue weighted by Gasteiger charge is -1.81. The van der Waals surface area contributed by atoms with Gasteiger partial charge in [-0.25, -0.2) is 0 Å². The van der Waals surface area contributed by atoms with Crippen LogP contribution < -0.4 is 22.8 Å². The van der Waals surface area contributed by atoms with Gasteiger partial charge in [0, 0.05) is 0 Å². The molecule has 0 rings (SSSR count). The van der Waals surface area contributed by atoms with Crippen molar-refractivity contribution in [1.29, 1.82) is 0 Å². The summed E-state index contributed by atoms with van der Waals surface area (Å²) in [6.07, 6.45) is 0.944. The van der Waals surface area contributed by atoms with E-state index in [1.165, 1.54) is 0 Å². The molecule has 0 fully saturated rings. The number of hydrogen-bond donors (Lipinski definition) is 4. The van der Waals surface area contributed by atoms with E-state index in [4.69, 9.17) is 11.5 Å². The van der Waals surface area contributed by atoms with Gasteiger partial charge in [-0.3, -0.25) is 0 Å². The number of rotatable bonds is 2. The van der Waals surface area contributed by atoms with Crippen molar-refractivity contribution in [3.05, 3.63) is 0 Å². The van der Waals surface area contributed by atoms with Crippen LogP contribution >= 0.6 is 0 Å². The Hall–Kier alpha value is -0.0951. The van der Waals surface area contributed by atoms with Gasteiger partial charge >= 0.3 is 7.55 Å². The molecular weight excluding hydrogens is 103 g/mol. The third kappa shape index (κ3) is 39.1. The Morgan fingerprint density at radius 3 is 1.25 bits per heavy atom. The van der Waals surface area contributed by atoms with Crippen molar-refractivity contribution < 1.29 is 0 Å². The fourth-order valence-corrected chi connectivity index (χ4v) is 0.118.